The molecular formula is C29H28F3N5. The highest BCUT2D eigenvalue weighted by Gasteiger charge is 2.31. The monoisotopic (exact) mass is 503 g/mol. The van der Waals surface area contributed by atoms with Gasteiger partial charge in [-0.25, -0.2) is 9.97 Å². The van der Waals surface area contributed by atoms with Gasteiger partial charge in [0.2, 0.25) is 5.95 Å². The number of benzene rings is 2. The second kappa shape index (κ2) is 9.67. The zero-order chi connectivity index (χ0) is 25.4. The fraction of sp³-hybridized carbons (Fsp3) is 0.310. The van der Waals surface area contributed by atoms with Gasteiger partial charge in [-0.15, -0.1) is 0 Å². The molecule has 1 saturated heterocycles. The first kappa shape index (κ1) is 23.7. The maximum atomic E-state index is 13.5. The van der Waals surface area contributed by atoms with E-state index in [1.807, 2.05) is 6.07 Å². The molecule has 1 aliphatic heterocycles. The van der Waals surface area contributed by atoms with E-state index in [1.54, 1.807) is 12.3 Å². The summed E-state index contributed by atoms with van der Waals surface area (Å²) in [6, 6.07) is 18.0. The minimum absolute atomic E-state index is 0.201. The third kappa shape index (κ3) is 4.98. The Hall–Kier alpha value is -3.65. The first-order valence-electron chi connectivity index (χ1n) is 12.7. The summed E-state index contributed by atoms with van der Waals surface area (Å²) >= 11 is 0. The molecule has 37 heavy (non-hydrogen) atoms. The second-order valence-corrected chi connectivity index (χ2v) is 9.90. The molecule has 0 atom stereocenters. The molecule has 0 spiro atoms. The average molecular weight is 504 g/mol. The predicted octanol–water partition coefficient (Wildman–Crippen LogP) is 6.20. The molecule has 2 aromatic heterocycles. The molecule has 0 unspecified atom stereocenters. The van der Waals surface area contributed by atoms with Gasteiger partial charge in [0, 0.05) is 29.4 Å². The SMILES string of the molecule is FC(F)(F)c1cccc(-c2[nH]c(C3CCNCC3)cc2-c2ccnc(NC3Cc4ccccc4C3)n2)c1. The van der Waals surface area contributed by atoms with Crippen molar-refractivity contribution in [1.29, 1.82) is 0 Å². The van der Waals surface area contributed by atoms with Crippen LogP contribution in [0.3, 0.4) is 0 Å². The molecule has 0 radical (unpaired) electrons. The van der Waals surface area contributed by atoms with E-state index in [2.05, 4.69) is 50.9 Å². The molecule has 2 aliphatic rings. The molecule has 0 bridgehead atoms. The van der Waals surface area contributed by atoms with Crippen LogP contribution < -0.4 is 10.6 Å². The number of nitrogens with zero attached hydrogens (tertiary/aromatic N) is 2. The van der Waals surface area contributed by atoms with Crippen LogP contribution in [0, 0.1) is 0 Å². The normalized spacial score (nSPS) is 16.6. The molecule has 0 saturated carbocycles. The summed E-state index contributed by atoms with van der Waals surface area (Å²) < 4.78 is 40.5. The number of hydrogen-bond donors (Lipinski definition) is 3. The molecule has 0 amide bonds. The van der Waals surface area contributed by atoms with Crippen LogP contribution >= 0.6 is 0 Å². The van der Waals surface area contributed by atoms with Crippen molar-refractivity contribution >= 4 is 5.95 Å². The van der Waals surface area contributed by atoms with Crippen LogP contribution in [0.2, 0.25) is 0 Å². The summed E-state index contributed by atoms with van der Waals surface area (Å²) in [5.41, 5.74) is 5.63. The second-order valence-electron chi connectivity index (χ2n) is 9.90. The lowest BCUT2D eigenvalue weighted by atomic mass is 9.94. The first-order valence-corrected chi connectivity index (χ1v) is 12.7. The number of anilines is 1. The lowest BCUT2D eigenvalue weighted by Gasteiger charge is -2.21. The predicted molar refractivity (Wildman–Crippen MR) is 138 cm³/mol. The average Bonchev–Trinajstić information content (AvgIpc) is 3.53. The fourth-order valence-corrected chi connectivity index (χ4v) is 5.53. The summed E-state index contributed by atoms with van der Waals surface area (Å²) in [4.78, 5) is 12.7. The van der Waals surface area contributed by atoms with E-state index in [4.69, 9.17) is 4.98 Å². The number of rotatable bonds is 5. The first-order chi connectivity index (χ1) is 17.9. The Morgan fingerprint density at radius 3 is 2.38 bits per heavy atom. The summed E-state index contributed by atoms with van der Waals surface area (Å²) in [5.74, 6) is 0.839. The van der Waals surface area contributed by atoms with Crippen molar-refractivity contribution in [3.05, 3.63) is 89.2 Å². The van der Waals surface area contributed by atoms with E-state index in [9.17, 15) is 13.2 Å². The van der Waals surface area contributed by atoms with E-state index in [-0.39, 0.29) is 6.04 Å². The minimum atomic E-state index is -4.41. The quantitative estimate of drug-likeness (QED) is 0.303. The lowest BCUT2D eigenvalue weighted by molar-refractivity contribution is -0.137. The van der Waals surface area contributed by atoms with Gasteiger partial charge in [0.05, 0.1) is 17.0 Å². The van der Waals surface area contributed by atoms with Crippen molar-refractivity contribution in [1.82, 2.24) is 20.3 Å². The maximum Gasteiger partial charge on any atom is 0.416 e. The number of hydrogen-bond acceptors (Lipinski definition) is 4. The molecule has 3 heterocycles. The number of alkyl halides is 3. The molecule has 1 fully saturated rings. The van der Waals surface area contributed by atoms with Crippen molar-refractivity contribution in [3.63, 3.8) is 0 Å². The van der Waals surface area contributed by atoms with Crippen LogP contribution in [0.25, 0.3) is 22.5 Å². The number of aromatic nitrogens is 3. The number of H-pyrrole nitrogens is 1. The smallest absolute Gasteiger partial charge is 0.358 e. The van der Waals surface area contributed by atoms with E-state index >= 15 is 0 Å². The van der Waals surface area contributed by atoms with Gasteiger partial charge in [0.15, 0.2) is 0 Å². The number of piperidine rings is 1. The van der Waals surface area contributed by atoms with Gasteiger partial charge in [-0.05, 0) is 79.7 Å². The molecular weight excluding hydrogens is 475 g/mol. The largest absolute Gasteiger partial charge is 0.416 e. The van der Waals surface area contributed by atoms with Crippen molar-refractivity contribution in [3.8, 4) is 22.5 Å². The Morgan fingerprint density at radius 2 is 1.65 bits per heavy atom. The summed E-state index contributed by atoms with van der Waals surface area (Å²) in [5, 5.41) is 6.84. The van der Waals surface area contributed by atoms with E-state index in [1.165, 1.54) is 23.3 Å². The van der Waals surface area contributed by atoms with Crippen LogP contribution in [-0.2, 0) is 19.0 Å². The number of aromatic amines is 1. The molecule has 4 aromatic rings. The number of fused-ring (bicyclic) bond motifs is 1. The van der Waals surface area contributed by atoms with Gasteiger partial charge < -0.3 is 15.6 Å². The number of nitrogens with one attached hydrogen (secondary N) is 3. The van der Waals surface area contributed by atoms with Gasteiger partial charge >= 0.3 is 6.18 Å². The van der Waals surface area contributed by atoms with Gasteiger partial charge in [-0.2, -0.15) is 13.2 Å². The Labute approximate surface area is 213 Å². The highest BCUT2D eigenvalue weighted by molar-refractivity contribution is 5.81. The third-order valence-corrected chi connectivity index (χ3v) is 7.41. The molecule has 2 aromatic carbocycles. The van der Waals surface area contributed by atoms with Crippen LogP contribution in [0.15, 0.2) is 66.9 Å². The van der Waals surface area contributed by atoms with E-state index in [0.717, 1.165) is 56.1 Å². The molecule has 6 rings (SSSR count). The van der Waals surface area contributed by atoms with Crippen LogP contribution in [0.4, 0.5) is 19.1 Å². The Kier molecular flexibility index (Phi) is 6.20. The van der Waals surface area contributed by atoms with E-state index < -0.39 is 11.7 Å². The van der Waals surface area contributed by atoms with Gasteiger partial charge in [-0.1, -0.05) is 36.4 Å². The fourth-order valence-electron chi connectivity index (χ4n) is 5.53. The summed E-state index contributed by atoms with van der Waals surface area (Å²) in [7, 11) is 0. The summed E-state index contributed by atoms with van der Waals surface area (Å²) in [6.45, 7) is 1.84. The van der Waals surface area contributed by atoms with Gasteiger partial charge in [0.1, 0.15) is 0 Å². The topological polar surface area (TPSA) is 65.6 Å². The van der Waals surface area contributed by atoms with Crippen molar-refractivity contribution in [2.45, 2.75) is 43.8 Å². The van der Waals surface area contributed by atoms with E-state index in [0.29, 0.717) is 28.8 Å². The Balaban J connectivity index is 1.35. The highest BCUT2D eigenvalue weighted by Crippen LogP contribution is 2.38. The van der Waals surface area contributed by atoms with Gasteiger partial charge in [0.25, 0.3) is 0 Å². The van der Waals surface area contributed by atoms with Crippen molar-refractivity contribution < 1.29 is 13.2 Å². The minimum Gasteiger partial charge on any atom is -0.358 e. The summed E-state index contributed by atoms with van der Waals surface area (Å²) in [6.07, 6.45) is 1.06. The zero-order valence-electron chi connectivity index (χ0n) is 20.3. The third-order valence-electron chi connectivity index (χ3n) is 7.41. The van der Waals surface area contributed by atoms with Crippen molar-refractivity contribution in [2.75, 3.05) is 18.4 Å². The molecule has 8 heteroatoms. The van der Waals surface area contributed by atoms with Gasteiger partial charge in [-0.3, -0.25) is 0 Å². The lowest BCUT2D eigenvalue weighted by Crippen LogP contribution is -2.26. The van der Waals surface area contributed by atoms with Crippen LogP contribution in [0.5, 0.6) is 0 Å². The maximum absolute atomic E-state index is 13.5. The Morgan fingerprint density at radius 1 is 0.892 bits per heavy atom. The van der Waals surface area contributed by atoms with Crippen LogP contribution in [0.1, 0.15) is 41.1 Å². The highest BCUT2D eigenvalue weighted by atomic mass is 19.4. The molecule has 1 aliphatic carbocycles. The van der Waals surface area contributed by atoms with Crippen LogP contribution in [-0.4, -0.2) is 34.1 Å². The molecule has 5 nitrogen and oxygen atoms in total. The standard InChI is InChI=1S/C29H28F3N5/c30-29(31,32)22-7-3-6-21(14-22)27-24(17-26(36-27)18-8-11-33-12-9-18)25-10-13-34-28(37-25)35-23-15-19-4-1-2-5-20(19)16-23/h1-7,10,13-14,17-18,23,33,36H,8-9,11-12,15-16H2,(H,34,35,37). The molecule has 190 valence electrons. The number of halogens is 3. The van der Waals surface area contributed by atoms with Crippen molar-refractivity contribution in [2.24, 2.45) is 0 Å². The Bertz CT molecular complexity index is 1380. The molecule has 3 N–H and O–H groups in total. The zero-order valence-corrected chi connectivity index (χ0v) is 20.3.